The summed E-state index contributed by atoms with van der Waals surface area (Å²) >= 11 is 0. The first-order valence-corrected chi connectivity index (χ1v) is 11.1. The fraction of sp³-hybridized carbons (Fsp3) is 0.478. The summed E-state index contributed by atoms with van der Waals surface area (Å²) in [6, 6.07) is 5.32. The Hall–Kier alpha value is -3.04. The Labute approximate surface area is 186 Å². The number of carbonyl (C=O) groups excluding carboxylic acids is 1. The molecule has 9 heteroatoms. The van der Waals surface area contributed by atoms with Crippen molar-refractivity contribution in [2.24, 2.45) is 5.92 Å². The monoisotopic (exact) mass is 439 g/mol. The number of nitrogens with zero attached hydrogens (tertiary/aromatic N) is 4. The van der Waals surface area contributed by atoms with Crippen LogP contribution in [0.25, 0.3) is 16.7 Å². The van der Waals surface area contributed by atoms with Crippen LogP contribution in [0.3, 0.4) is 0 Å². The quantitative estimate of drug-likeness (QED) is 0.434. The third-order valence-corrected chi connectivity index (χ3v) is 5.83. The van der Waals surface area contributed by atoms with Crippen LogP contribution in [0, 0.1) is 12.8 Å². The summed E-state index contributed by atoms with van der Waals surface area (Å²) < 4.78 is 8.77. The molecule has 3 aromatic heterocycles. The van der Waals surface area contributed by atoms with Crippen molar-refractivity contribution in [3.05, 3.63) is 45.9 Å². The highest BCUT2D eigenvalue weighted by Gasteiger charge is 2.25. The van der Waals surface area contributed by atoms with Crippen molar-refractivity contribution in [1.29, 1.82) is 0 Å². The molecule has 1 saturated heterocycles. The van der Waals surface area contributed by atoms with E-state index < -0.39 is 0 Å². The first kappa shape index (κ1) is 22.2. The third-order valence-electron chi connectivity index (χ3n) is 5.83. The average molecular weight is 440 g/mol. The predicted octanol–water partition coefficient (Wildman–Crippen LogP) is 0.744. The van der Waals surface area contributed by atoms with Crippen LogP contribution in [-0.2, 0) is 11.3 Å². The molecule has 4 heterocycles. The van der Waals surface area contributed by atoms with Crippen LogP contribution in [0.5, 0.6) is 0 Å². The standard InChI is InChI=1S/C23H30N6O3/c1-15(2)14-25-22(30)17-13-18-21(26-20-16(3)5-4-6-29(20)23(18)31)28(19(17)24)8-7-27-9-11-32-12-10-27/h4-6,13,15,24H,7-12,14H2,1-3H3,(H,25,30)/p+1. The fourth-order valence-corrected chi connectivity index (χ4v) is 3.98. The molecule has 32 heavy (non-hydrogen) atoms. The van der Waals surface area contributed by atoms with E-state index in [0.717, 1.165) is 25.2 Å². The number of ether oxygens (including phenoxy) is 1. The minimum atomic E-state index is -0.285. The van der Waals surface area contributed by atoms with Crippen LogP contribution in [0.2, 0.25) is 0 Å². The van der Waals surface area contributed by atoms with E-state index in [1.165, 1.54) is 4.40 Å². The van der Waals surface area contributed by atoms with Gasteiger partial charge in [0.2, 0.25) is 11.5 Å². The van der Waals surface area contributed by atoms with Gasteiger partial charge in [-0.2, -0.15) is 0 Å². The molecule has 3 aromatic rings. The van der Waals surface area contributed by atoms with Crippen molar-refractivity contribution < 1.29 is 14.1 Å². The number of anilines is 1. The van der Waals surface area contributed by atoms with Crippen molar-refractivity contribution in [1.82, 2.24) is 19.6 Å². The summed E-state index contributed by atoms with van der Waals surface area (Å²) in [4.78, 5) is 33.4. The molecule has 0 aromatic carbocycles. The summed E-state index contributed by atoms with van der Waals surface area (Å²) in [7, 11) is 0. The molecule has 4 rings (SSSR count). The molecule has 0 aliphatic carbocycles. The Morgan fingerprint density at radius 3 is 2.81 bits per heavy atom. The van der Waals surface area contributed by atoms with E-state index in [4.69, 9.17) is 15.5 Å². The van der Waals surface area contributed by atoms with Gasteiger partial charge >= 0.3 is 0 Å². The molecule has 1 fully saturated rings. The summed E-state index contributed by atoms with van der Waals surface area (Å²) in [6.45, 7) is 10.8. The van der Waals surface area contributed by atoms with Gasteiger partial charge in [-0.25, -0.2) is 4.57 Å². The molecule has 9 nitrogen and oxygen atoms in total. The first-order chi connectivity index (χ1) is 15.4. The molecule has 170 valence electrons. The molecule has 0 atom stereocenters. The van der Waals surface area contributed by atoms with E-state index >= 15 is 0 Å². The van der Waals surface area contributed by atoms with E-state index in [9.17, 15) is 9.59 Å². The Bertz CT molecular complexity index is 1210. The fourth-order valence-electron chi connectivity index (χ4n) is 3.98. The van der Waals surface area contributed by atoms with E-state index in [-0.39, 0.29) is 11.5 Å². The number of aryl methyl sites for hydroxylation is 1. The van der Waals surface area contributed by atoms with Crippen molar-refractivity contribution in [3.8, 4) is 0 Å². The summed E-state index contributed by atoms with van der Waals surface area (Å²) in [5.41, 5.74) is 8.57. The smallest absolute Gasteiger partial charge is 0.278 e. The van der Waals surface area contributed by atoms with E-state index in [1.807, 2.05) is 37.5 Å². The second-order valence-electron chi connectivity index (χ2n) is 8.69. The number of carbonyl (C=O) groups is 1. The second-order valence-corrected chi connectivity index (χ2v) is 8.69. The molecule has 3 N–H and O–H groups in total. The van der Waals surface area contributed by atoms with Crippen LogP contribution >= 0.6 is 0 Å². The van der Waals surface area contributed by atoms with Crippen molar-refractivity contribution in [2.75, 3.05) is 45.1 Å². The van der Waals surface area contributed by atoms with E-state index in [1.54, 1.807) is 12.3 Å². The lowest BCUT2D eigenvalue weighted by Gasteiger charge is -2.26. The SMILES string of the molecule is Cc1cccn2c(=O)c3cc(C(=O)NCC(C)C)c(N)[n+](CCN4CCOCC4)c3nc12. The second kappa shape index (κ2) is 9.22. The van der Waals surface area contributed by atoms with E-state index in [2.05, 4.69) is 10.2 Å². The molecule has 0 unspecified atom stereocenters. The maximum atomic E-state index is 13.4. The number of morpholine rings is 1. The highest BCUT2D eigenvalue weighted by molar-refractivity contribution is 6.00. The number of amides is 1. The Balaban J connectivity index is 1.86. The van der Waals surface area contributed by atoms with Gasteiger partial charge < -0.3 is 15.8 Å². The van der Waals surface area contributed by atoms with Gasteiger partial charge in [-0.15, -0.1) is 0 Å². The molecule has 1 amide bonds. The summed E-state index contributed by atoms with van der Waals surface area (Å²) in [6.07, 6.45) is 1.70. The minimum Gasteiger partial charge on any atom is -0.379 e. The zero-order valence-corrected chi connectivity index (χ0v) is 18.9. The lowest BCUT2D eigenvalue weighted by molar-refractivity contribution is -0.658. The number of hydrogen-bond acceptors (Lipinski definition) is 6. The molecule has 0 radical (unpaired) electrons. The Kier molecular flexibility index (Phi) is 6.38. The van der Waals surface area contributed by atoms with Gasteiger partial charge in [0.25, 0.3) is 17.1 Å². The lowest BCUT2D eigenvalue weighted by atomic mass is 10.1. The van der Waals surface area contributed by atoms with Gasteiger partial charge in [0, 0.05) is 37.9 Å². The van der Waals surface area contributed by atoms with Crippen LogP contribution in [-0.4, -0.2) is 59.6 Å². The third kappa shape index (κ3) is 4.31. The van der Waals surface area contributed by atoms with Gasteiger partial charge in [0.05, 0.1) is 19.8 Å². The van der Waals surface area contributed by atoms with Gasteiger partial charge in [-0.3, -0.25) is 18.9 Å². The average Bonchev–Trinajstić information content (AvgIpc) is 2.78. The zero-order valence-electron chi connectivity index (χ0n) is 18.9. The zero-order chi connectivity index (χ0) is 22.8. The predicted molar refractivity (Wildman–Crippen MR) is 123 cm³/mol. The van der Waals surface area contributed by atoms with Gasteiger partial charge in [0.1, 0.15) is 10.9 Å². The highest BCUT2D eigenvalue weighted by atomic mass is 16.5. The number of fused-ring (bicyclic) bond motifs is 2. The molecular weight excluding hydrogens is 408 g/mol. The van der Waals surface area contributed by atoms with Gasteiger partial charge in [-0.1, -0.05) is 24.9 Å². The van der Waals surface area contributed by atoms with Crippen molar-refractivity contribution in [3.63, 3.8) is 0 Å². The molecule has 1 aliphatic rings. The number of pyridine rings is 2. The van der Waals surface area contributed by atoms with Gasteiger partial charge in [0.15, 0.2) is 0 Å². The summed E-state index contributed by atoms with van der Waals surface area (Å²) in [5, 5.41) is 3.29. The molecule has 0 saturated carbocycles. The van der Waals surface area contributed by atoms with Crippen molar-refractivity contribution in [2.45, 2.75) is 27.3 Å². The van der Waals surface area contributed by atoms with Crippen LogP contribution in [0.4, 0.5) is 5.82 Å². The highest BCUT2D eigenvalue weighted by Crippen LogP contribution is 2.16. The van der Waals surface area contributed by atoms with Gasteiger partial charge in [-0.05, 0) is 25.0 Å². The largest absolute Gasteiger partial charge is 0.379 e. The molecule has 0 spiro atoms. The molecule has 1 aliphatic heterocycles. The maximum absolute atomic E-state index is 13.4. The van der Waals surface area contributed by atoms with Crippen LogP contribution < -0.4 is 21.2 Å². The first-order valence-electron chi connectivity index (χ1n) is 11.1. The maximum Gasteiger partial charge on any atom is 0.278 e. The van der Waals surface area contributed by atoms with E-state index in [0.29, 0.717) is 60.3 Å². The number of nitrogens with two attached hydrogens (primary N) is 1. The van der Waals surface area contributed by atoms with Crippen molar-refractivity contribution >= 4 is 28.4 Å². The lowest BCUT2D eigenvalue weighted by Crippen LogP contribution is -2.48. The Morgan fingerprint density at radius 1 is 1.34 bits per heavy atom. The number of hydrogen-bond donors (Lipinski definition) is 2. The number of aromatic nitrogens is 3. The minimum absolute atomic E-state index is 0.216. The number of rotatable bonds is 6. The number of nitrogens with one attached hydrogen (secondary N) is 1. The number of nitrogen functional groups attached to an aromatic ring is 1. The normalized spacial score (nSPS) is 15.0. The Morgan fingerprint density at radius 2 is 2.09 bits per heavy atom. The topological polar surface area (TPSA) is 106 Å². The molecular formula is C23H31N6O3+. The summed E-state index contributed by atoms with van der Waals surface area (Å²) in [5.74, 6) is 0.331. The molecule has 0 bridgehead atoms. The van der Waals surface area contributed by atoms with Crippen LogP contribution in [0.15, 0.2) is 29.2 Å². The van der Waals surface area contributed by atoms with Crippen LogP contribution in [0.1, 0.15) is 29.8 Å².